The van der Waals surface area contributed by atoms with Crippen LogP contribution in [0.25, 0.3) is 10.4 Å². The minimum absolute atomic E-state index is 0.137. The average Bonchev–Trinajstić information content (AvgIpc) is 2.88. The van der Waals surface area contributed by atoms with Crippen molar-refractivity contribution in [3.05, 3.63) is 47.3 Å². The lowest BCUT2D eigenvalue weighted by Crippen LogP contribution is -2.37. The van der Waals surface area contributed by atoms with Crippen LogP contribution in [-0.4, -0.2) is 29.2 Å². The van der Waals surface area contributed by atoms with Crippen LogP contribution in [0, 0.1) is 0 Å². The second kappa shape index (κ2) is 5.87. The van der Waals surface area contributed by atoms with Gasteiger partial charge in [0.05, 0.1) is 6.10 Å². The zero-order valence-corrected chi connectivity index (χ0v) is 11.8. The molecule has 19 heavy (non-hydrogen) atoms. The lowest BCUT2D eigenvalue weighted by Gasteiger charge is -2.29. The summed E-state index contributed by atoms with van der Waals surface area (Å²) in [5, 5.41) is 9.70. The Morgan fingerprint density at radius 2 is 2.00 bits per heavy atom. The van der Waals surface area contributed by atoms with Crippen LogP contribution in [0.3, 0.4) is 0 Å². The molecule has 1 aromatic heterocycles. The number of likely N-dealkylation sites (tertiary alicyclic amines) is 1. The summed E-state index contributed by atoms with van der Waals surface area (Å²) in [4.78, 5) is 5.07. The fourth-order valence-corrected chi connectivity index (χ4v) is 3.67. The number of hydrogen-bond donors (Lipinski definition) is 1. The van der Waals surface area contributed by atoms with Gasteiger partial charge in [-0.2, -0.15) is 0 Å². The minimum atomic E-state index is -0.137. The number of benzene rings is 1. The van der Waals surface area contributed by atoms with Gasteiger partial charge in [0.1, 0.15) is 0 Å². The Morgan fingerprint density at radius 3 is 2.79 bits per heavy atom. The molecule has 1 aliphatic rings. The monoisotopic (exact) mass is 273 g/mol. The molecular weight excluding hydrogens is 254 g/mol. The Morgan fingerprint density at radius 1 is 1.16 bits per heavy atom. The number of β-amino-alcohol motifs (C(OH)–C–C–N with tert-alkyl or cyclic N) is 1. The molecule has 3 heteroatoms. The lowest BCUT2D eigenvalue weighted by molar-refractivity contribution is 0.0673. The van der Waals surface area contributed by atoms with Gasteiger partial charge in [-0.1, -0.05) is 30.3 Å². The first-order valence-corrected chi connectivity index (χ1v) is 7.67. The van der Waals surface area contributed by atoms with Crippen molar-refractivity contribution < 1.29 is 5.11 Å². The molecule has 2 heterocycles. The van der Waals surface area contributed by atoms with Gasteiger partial charge in [0, 0.05) is 22.8 Å². The van der Waals surface area contributed by atoms with E-state index >= 15 is 0 Å². The molecule has 0 bridgehead atoms. The van der Waals surface area contributed by atoms with E-state index < -0.39 is 0 Å². The normalized spacial score (nSPS) is 20.6. The van der Waals surface area contributed by atoms with Crippen LogP contribution >= 0.6 is 11.3 Å². The topological polar surface area (TPSA) is 23.5 Å². The van der Waals surface area contributed by atoms with E-state index in [1.54, 1.807) is 0 Å². The third kappa shape index (κ3) is 3.24. The quantitative estimate of drug-likeness (QED) is 0.927. The van der Waals surface area contributed by atoms with Gasteiger partial charge in [-0.25, -0.2) is 0 Å². The molecule has 1 saturated heterocycles. The van der Waals surface area contributed by atoms with Gasteiger partial charge < -0.3 is 5.11 Å². The van der Waals surface area contributed by atoms with Crippen molar-refractivity contribution in [3.8, 4) is 10.4 Å². The highest BCUT2D eigenvalue weighted by Crippen LogP contribution is 2.29. The van der Waals surface area contributed by atoms with Crippen LogP contribution in [0.4, 0.5) is 0 Å². The number of thiophene rings is 1. The summed E-state index contributed by atoms with van der Waals surface area (Å²) < 4.78 is 0. The fraction of sp³-hybridized carbons (Fsp3) is 0.375. The largest absolute Gasteiger partial charge is 0.392 e. The van der Waals surface area contributed by atoms with Gasteiger partial charge >= 0.3 is 0 Å². The molecule has 1 aromatic carbocycles. The van der Waals surface area contributed by atoms with Gasteiger partial charge in [0.2, 0.25) is 0 Å². The smallest absolute Gasteiger partial charge is 0.0667 e. The average molecular weight is 273 g/mol. The van der Waals surface area contributed by atoms with Crippen molar-refractivity contribution >= 4 is 11.3 Å². The van der Waals surface area contributed by atoms with Crippen LogP contribution in [0.15, 0.2) is 42.5 Å². The molecule has 0 spiro atoms. The van der Waals surface area contributed by atoms with Crippen molar-refractivity contribution in [3.63, 3.8) is 0 Å². The first-order chi connectivity index (χ1) is 9.31. The van der Waals surface area contributed by atoms with Gasteiger partial charge in [0.25, 0.3) is 0 Å². The second-order valence-electron chi connectivity index (χ2n) is 5.16. The van der Waals surface area contributed by atoms with Crippen LogP contribution in [-0.2, 0) is 6.54 Å². The van der Waals surface area contributed by atoms with Crippen molar-refractivity contribution in [2.24, 2.45) is 0 Å². The van der Waals surface area contributed by atoms with Crippen molar-refractivity contribution in [2.75, 3.05) is 13.1 Å². The van der Waals surface area contributed by atoms with Crippen LogP contribution < -0.4 is 0 Å². The van der Waals surface area contributed by atoms with Crippen LogP contribution in [0.2, 0.25) is 0 Å². The van der Waals surface area contributed by atoms with Crippen LogP contribution in [0.5, 0.6) is 0 Å². The Bertz CT molecular complexity index is 523. The molecular formula is C16H19NOS. The highest BCUT2D eigenvalue weighted by atomic mass is 32.1. The van der Waals surface area contributed by atoms with E-state index in [1.165, 1.54) is 15.3 Å². The predicted molar refractivity (Wildman–Crippen MR) is 80.3 cm³/mol. The molecule has 3 rings (SSSR count). The molecule has 1 N–H and O–H groups in total. The first kappa shape index (κ1) is 12.9. The van der Waals surface area contributed by atoms with Gasteiger partial charge in [-0.3, -0.25) is 4.90 Å². The van der Waals surface area contributed by atoms with Crippen molar-refractivity contribution in [2.45, 2.75) is 25.5 Å². The van der Waals surface area contributed by atoms with E-state index in [2.05, 4.69) is 41.3 Å². The molecule has 0 aliphatic carbocycles. The zero-order valence-electron chi connectivity index (χ0n) is 11.0. The third-order valence-electron chi connectivity index (χ3n) is 3.58. The van der Waals surface area contributed by atoms with Crippen LogP contribution in [0.1, 0.15) is 17.7 Å². The first-order valence-electron chi connectivity index (χ1n) is 6.86. The summed E-state index contributed by atoms with van der Waals surface area (Å²) in [5.74, 6) is 0. The van der Waals surface area contributed by atoms with E-state index in [0.29, 0.717) is 0 Å². The SMILES string of the molecule is OC1CCCN(Cc2ccc(-c3ccccc3)s2)C1. The summed E-state index contributed by atoms with van der Waals surface area (Å²) in [5.41, 5.74) is 1.29. The Kier molecular flexibility index (Phi) is 3.97. The number of aliphatic hydroxyl groups excluding tert-OH is 1. The van der Waals surface area contributed by atoms with Gasteiger partial charge in [-0.05, 0) is 37.1 Å². The molecule has 2 nitrogen and oxygen atoms in total. The minimum Gasteiger partial charge on any atom is -0.392 e. The highest BCUT2D eigenvalue weighted by Gasteiger charge is 2.18. The van der Waals surface area contributed by atoms with E-state index in [-0.39, 0.29) is 6.10 Å². The maximum atomic E-state index is 9.70. The molecule has 0 radical (unpaired) electrons. The summed E-state index contributed by atoms with van der Waals surface area (Å²) in [7, 11) is 0. The zero-order chi connectivity index (χ0) is 13.1. The predicted octanol–water partition coefficient (Wildman–Crippen LogP) is 3.37. The van der Waals surface area contributed by atoms with E-state index in [9.17, 15) is 5.11 Å². The number of hydrogen-bond acceptors (Lipinski definition) is 3. The summed E-state index contributed by atoms with van der Waals surface area (Å²) >= 11 is 1.86. The van der Waals surface area contributed by atoms with E-state index in [1.807, 2.05) is 17.4 Å². The number of aliphatic hydroxyl groups is 1. The second-order valence-corrected chi connectivity index (χ2v) is 6.33. The number of nitrogens with zero attached hydrogens (tertiary/aromatic N) is 1. The highest BCUT2D eigenvalue weighted by molar-refractivity contribution is 7.15. The standard InChI is InChI=1S/C16H19NOS/c18-14-7-4-10-17(11-14)12-15-8-9-16(19-15)13-5-2-1-3-6-13/h1-3,5-6,8-9,14,18H,4,7,10-12H2. The molecule has 0 amide bonds. The Hall–Kier alpha value is -1.16. The summed E-state index contributed by atoms with van der Waals surface area (Å²) in [6.07, 6.45) is 1.93. The molecule has 0 saturated carbocycles. The van der Waals surface area contributed by atoms with E-state index in [4.69, 9.17) is 0 Å². The van der Waals surface area contributed by atoms with Crippen molar-refractivity contribution in [1.29, 1.82) is 0 Å². The Labute approximate surface area is 118 Å². The summed E-state index contributed by atoms with van der Waals surface area (Å²) in [6.45, 7) is 2.89. The molecule has 100 valence electrons. The maximum absolute atomic E-state index is 9.70. The molecule has 1 unspecified atom stereocenters. The fourth-order valence-electron chi connectivity index (χ4n) is 2.62. The molecule has 1 atom stereocenters. The third-order valence-corrected chi connectivity index (χ3v) is 4.70. The van der Waals surface area contributed by atoms with Gasteiger partial charge in [-0.15, -0.1) is 11.3 Å². The van der Waals surface area contributed by atoms with Gasteiger partial charge in [0.15, 0.2) is 0 Å². The maximum Gasteiger partial charge on any atom is 0.0667 e. The lowest BCUT2D eigenvalue weighted by atomic mass is 10.1. The molecule has 2 aromatic rings. The Balaban J connectivity index is 1.68. The molecule has 1 aliphatic heterocycles. The van der Waals surface area contributed by atoms with Crippen molar-refractivity contribution in [1.82, 2.24) is 4.90 Å². The number of rotatable bonds is 3. The number of piperidine rings is 1. The summed E-state index contributed by atoms with van der Waals surface area (Å²) in [6, 6.07) is 14.9. The molecule has 1 fully saturated rings. The van der Waals surface area contributed by atoms with E-state index in [0.717, 1.165) is 32.5 Å².